The highest BCUT2D eigenvalue weighted by molar-refractivity contribution is 5.64. The van der Waals surface area contributed by atoms with Crippen LogP contribution in [0, 0.1) is 6.92 Å². The van der Waals surface area contributed by atoms with Gasteiger partial charge in [-0.3, -0.25) is 0 Å². The third-order valence-corrected chi connectivity index (χ3v) is 5.14. The highest BCUT2D eigenvalue weighted by atomic mass is 16.5. The summed E-state index contributed by atoms with van der Waals surface area (Å²) in [5.74, 6) is 1.82. The Morgan fingerprint density at radius 2 is 2.24 bits per heavy atom. The number of benzene rings is 1. The molecule has 0 bridgehead atoms. The number of rotatable bonds is 1. The lowest BCUT2D eigenvalue weighted by Crippen LogP contribution is -2.37. The minimum Gasteiger partial charge on any atom is -0.493 e. The average molecular weight is 283 g/mol. The summed E-state index contributed by atoms with van der Waals surface area (Å²) in [6.45, 7) is 4.24. The summed E-state index contributed by atoms with van der Waals surface area (Å²) in [5, 5.41) is 0. The first-order valence-electron chi connectivity index (χ1n) is 7.58. The zero-order valence-corrected chi connectivity index (χ0v) is 12.8. The topological polar surface area (TPSA) is 21.7 Å². The average Bonchev–Trinajstić information content (AvgIpc) is 2.75. The molecule has 0 N–H and O–H groups in total. The van der Waals surface area contributed by atoms with Crippen LogP contribution in [-0.2, 0) is 12.0 Å². The van der Waals surface area contributed by atoms with Crippen molar-refractivity contribution < 1.29 is 9.47 Å². The van der Waals surface area contributed by atoms with Gasteiger partial charge in [0, 0.05) is 12.1 Å². The normalized spacial score (nSPS) is 29.6. The van der Waals surface area contributed by atoms with Gasteiger partial charge in [-0.1, -0.05) is 18.2 Å². The molecule has 2 atom stereocenters. The fraction of sp³-hybridized carbons (Fsp3) is 0.444. The van der Waals surface area contributed by atoms with E-state index in [9.17, 15) is 0 Å². The van der Waals surface area contributed by atoms with E-state index in [-0.39, 0.29) is 11.5 Å². The molecule has 1 spiro atoms. The summed E-state index contributed by atoms with van der Waals surface area (Å²) in [6, 6.07) is 2.12. The molecule has 1 aromatic carbocycles. The highest BCUT2D eigenvalue weighted by Gasteiger charge is 2.50. The number of allylic oxidation sites excluding steroid dienone is 2. The van der Waals surface area contributed by atoms with E-state index in [1.54, 1.807) is 7.11 Å². The molecule has 3 heteroatoms. The largest absolute Gasteiger partial charge is 0.493 e. The van der Waals surface area contributed by atoms with Crippen LogP contribution in [0.2, 0.25) is 0 Å². The zero-order chi connectivity index (χ0) is 14.6. The zero-order valence-electron chi connectivity index (χ0n) is 12.8. The Balaban J connectivity index is 2.03. The summed E-state index contributed by atoms with van der Waals surface area (Å²) >= 11 is 0. The molecule has 4 rings (SSSR count). The van der Waals surface area contributed by atoms with E-state index in [2.05, 4.69) is 49.2 Å². The Bertz CT molecular complexity index is 662. The van der Waals surface area contributed by atoms with Crippen molar-refractivity contribution in [1.82, 2.24) is 4.90 Å². The van der Waals surface area contributed by atoms with Crippen LogP contribution < -0.4 is 9.47 Å². The third kappa shape index (κ3) is 1.64. The van der Waals surface area contributed by atoms with Gasteiger partial charge in [-0.15, -0.1) is 0 Å². The Morgan fingerprint density at radius 1 is 1.38 bits per heavy atom. The van der Waals surface area contributed by atoms with Crippen molar-refractivity contribution in [3.8, 4) is 11.5 Å². The molecule has 2 heterocycles. The first kappa shape index (κ1) is 13.0. The molecule has 1 aromatic rings. The fourth-order valence-corrected chi connectivity index (χ4v) is 4.00. The van der Waals surface area contributed by atoms with Gasteiger partial charge >= 0.3 is 0 Å². The minimum atomic E-state index is -0.0243. The Kier molecular flexibility index (Phi) is 2.70. The molecule has 0 saturated carbocycles. The maximum Gasteiger partial charge on any atom is 0.166 e. The smallest absolute Gasteiger partial charge is 0.166 e. The number of hydrogen-bond acceptors (Lipinski definition) is 3. The van der Waals surface area contributed by atoms with Crippen molar-refractivity contribution in [3.63, 3.8) is 0 Å². The van der Waals surface area contributed by atoms with Crippen LogP contribution in [0.1, 0.15) is 23.1 Å². The second-order valence-corrected chi connectivity index (χ2v) is 6.39. The molecule has 0 amide bonds. The second kappa shape index (κ2) is 4.38. The van der Waals surface area contributed by atoms with Crippen LogP contribution >= 0.6 is 0 Å². The van der Waals surface area contributed by atoms with Gasteiger partial charge in [0.25, 0.3) is 0 Å². The van der Waals surface area contributed by atoms with Gasteiger partial charge in [0.05, 0.1) is 12.5 Å². The van der Waals surface area contributed by atoms with Gasteiger partial charge in [0.15, 0.2) is 11.5 Å². The summed E-state index contributed by atoms with van der Waals surface area (Å²) in [7, 11) is 3.93. The van der Waals surface area contributed by atoms with Gasteiger partial charge in [-0.25, -0.2) is 0 Å². The molecule has 110 valence electrons. The third-order valence-electron chi connectivity index (χ3n) is 5.14. The predicted octanol–water partition coefficient (Wildman–Crippen LogP) is 2.96. The monoisotopic (exact) mass is 283 g/mol. The summed E-state index contributed by atoms with van der Waals surface area (Å²) in [5.41, 5.74) is 4.04. The Hall–Kier alpha value is -1.74. The van der Waals surface area contributed by atoms with Gasteiger partial charge in [-0.2, -0.15) is 0 Å². The number of aryl methyl sites for hydroxylation is 1. The Labute approximate surface area is 125 Å². The molecule has 1 aliphatic carbocycles. The lowest BCUT2D eigenvalue weighted by Gasteiger charge is -2.31. The van der Waals surface area contributed by atoms with Crippen LogP contribution in [0.5, 0.6) is 11.5 Å². The van der Waals surface area contributed by atoms with Gasteiger partial charge < -0.3 is 14.4 Å². The van der Waals surface area contributed by atoms with Crippen molar-refractivity contribution in [2.45, 2.75) is 31.4 Å². The summed E-state index contributed by atoms with van der Waals surface area (Å²) in [4.78, 5) is 2.41. The van der Waals surface area contributed by atoms with Gasteiger partial charge in [-0.05, 0) is 50.2 Å². The van der Waals surface area contributed by atoms with Crippen molar-refractivity contribution in [1.29, 1.82) is 0 Å². The maximum absolute atomic E-state index is 6.31. The van der Waals surface area contributed by atoms with E-state index in [0.717, 1.165) is 31.0 Å². The highest BCUT2D eigenvalue weighted by Crippen LogP contribution is 2.55. The molecule has 0 unspecified atom stereocenters. The number of hydrogen-bond donors (Lipinski definition) is 0. The minimum absolute atomic E-state index is 0.0243. The number of nitrogens with zero attached hydrogens (tertiary/aromatic N) is 1. The molecule has 2 aliphatic heterocycles. The lowest BCUT2D eigenvalue weighted by atomic mass is 9.71. The number of ether oxygens (including phenoxy) is 2. The predicted molar refractivity (Wildman–Crippen MR) is 83.1 cm³/mol. The van der Waals surface area contributed by atoms with E-state index in [4.69, 9.17) is 9.47 Å². The maximum atomic E-state index is 6.31. The SMILES string of the molecule is COc1cc(C)c2c3c1O[C@H]1C=CC=C[C@@]31CCN(C)C2. The molecule has 3 aliphatic rings. The van der Waals surface area contributed by atoms with Crippen LogP contribution in [0.3, 0.4) is 0 Å². The second-order valence-electron chi connectivity index (χ2n) is 6.39. The quantitative estimate of drug-likeness (QED) is 0.791. The van der Waals surface area contributed by atoms with E-state index in [1.165, 1.54) is 16.7 Å². The van der Waals surface area contributed by atoms with Crippen LogP contribution in [0.4, 0.5) is 0 Å². The standard InChI is InChI=1S/C18H21NO2/c1-12-10-14(20-3)17-16-13(12)11-19(2)9-8-18(16)7-5-4-6-15(18)21-17/h4-7,10,15H,8-9,11H2,1-3H3/t15-,18-/m0/s1. The van der Waals surface area contributed by atoms with E-state index < -0.39 is 0 Å². The van der Waals surface area contributed by atoms with E-state index >= 15 is 0 Å². The van der Waals surface area contributed by atoms with Crippen molar-refractivity contribution in [2.24, 2.45) is 0 Å². The molecule has 21 heavy (non-hydrogen) atoms. The van der Waals surface area contributed by atoms with Crippen molar-refractivity contribution >= 4 is 0 Å². The number of methoxy groups -OCH3 is 1. The fourth-order valence-electron chi connectivity index (χ4n) is 4.00. The summed E-state index contributed by atoms with van der Waals surface area (Å²) in [6.07, 6.45) is 9.96. The summed E-state index contributed by atoms with van der Waals surface area (Å²) < 4.78 is 11.9. The lowest BCUT2D eigenvalue weighted by molar-refractivity contribution is 0.193. The van der Waals surface area contributed by atoms with Crippen LogP contribution in [0.25, 0.3) is 0 Å². The molecular formula is C18H21NO2. The first-order chi connectivity index (χ1) is 10.2. The van der Waals surface area contributed by atoms with Crippen LogP contribution in [0.15, 0.2) is 30.4 Å². The van der Waals surface area contributed by atoms with E-state index in [1.807, 2.05) is 0 Å². The molecule has 0 radical (unpaired) electrons. The van der Waals surface area contributed by atoms with Crippen molar-refractivity contribution in [3.05, 3.63) is 47.1 Å². The van der Waals surface area contributed by atoms with Gasteiger partial charge in [0.1, 0.15) is 6.10 Å². The molecule has 0 aromatic heterocycles. The molecule has 0 saturated heterocycles. The van der Waals surface area contributed by atoms with E-state index in [0.29, 0.717) is 0 Å². The molecule has 0 fully saturated rings. The Morgan fingerprint density at radius 3 is 3.05 bits per heavy atom. The first-order valence-corrected chi connectivity index (χ1v) is 7.58. The van der Waals surface area contributed by atoms with Gasteiger partial charge in [0.2, 0.25) is 0 Å². The molecular weight excluding hydrogens is 262 g/mol. The van der Waals surface area contributed by atoms with Crippen molar-refractivity contribution in [2.75, 3.05) is 20.7 Å². The molecule has 3 nitrogen and oxygen atoms in total. The van der Waals surface area contributed by atoms with Crippen LogP contribution in [-0.4, -0.2) is 31.7 Å².